The zero-order chi connectivity index (χ0) is 19.8. The van der Waals surface area contributed by atoms with Gasteiger partial charge >= 0.3 is 6.03 Å². The third-order valence-electron chi connectivity index (χ3n) is 3.85. The molecule has 0 radical (unpaired) electrons. The number of nitrogen functional groups attached to an aromatic ring is 1. The van der Waals surface area contributed by atoms with E-state index in [9.17, 15) is 4.79 Å². The van der Waals surface area contributed by atoms with Crippen molar-refractivity contribution in [3.8, 4) is 0 Å². The molecule has 8 heteroatoms. The number of carbonyl (C=O) groups excluding carboxylic acids is 1. The van der Waals surface area contributed by atoms with Crippen LogP contribution in [0.25, 0.3) is 0 Å². The average Bonchev–Trinajstić information content (AvgIpc) is 2.62. The Morgan fingerprint density at radius 3 is 2.67 bits per heavy atom. The number of carbonyl (C=O) groups is 1. The molecule has 8 nitrogen and oxygen atoms in total. The van der Waals surface area contributed by atoms with Crippen molar-refractivity contribution in [2.45, 2.75) is 13.0 Å². The van der Waals surface area contributed by atoms with Gasteiger partial charge in [0, 0.05) is 24.5 Å². The van der Waals surface area contributed by atoms with Crippen LogP contribution >= 0.6 is 0 Å². The number of nitrogens with two attached hydrogens (primary N) is 1. The molecule has 5 N–H and O–H groups in total. The fourth-order valence-corrected chi connectivity index (χ4v) is 2.31. The summed E-state index contributed by atoms with van der Waals surface area (Å²) in [6, 6.07) is 10.6. The first kappa shape index (κ1) is 20.2. The van der Waals surface area contributed by atoms with E-state index in [1.807, 2.05) is 56.3 Å². The van der Waals surface area contributed by atoms with E-state index in [1.54, 1.807) is 0 Å². The van der Waals surface area contributed by atoms with Gasteiger partial charge in [0.05, 0.1) is 11.6 Å². The summed E-state index contributed by atoms with van der Waals surface area (Å²) in [6.45, 7) is 2.96. The average molecular weight is 370 g/mol. The van der Waals surface area contributed by atoms with Gasteiger partial charge in [-0.05, 0) is 26.6 Å². The van der Waals surface area contributed by atoms with Gasteiger partial charge in [-0.3, -0.25) is 10.7 Å². The highest BCUT2D eigenvalue weighted by atomic mass is 16.5. The third kappa shape index (κ3) is 6.27. The minimum atomic E-state index is -0.386. The second kappa shape index (κ2) is 9.54. The predicted molar refractivity (Wildman–Crippen MR) is 107 cm³/mol. The number of aromatic nitrogens is 1. The van der Waals surface area contributed by atoms with Gasteiger partial charge in [-0.1, -0.05) is 30.3 Å². The van der Waals surface area contributed by atoms with Gasteiger partial charge in [-0.15, -0.1) is 0 Å². The maximum atomic E-state index is 12.2. The molecule has 0 unspecified atom stereocenters. The van der Waals surface area contributed by atoms with Crippen LogP contribution in [0.5, 0.6) is 0 Å². The molecule has 144 valence electrons. The fourth-order valence-electron chi connectivity index (χ4n) is 2.31. The molecule has 2 amide bonds. The van der Waals surface area contributed by atoms with Gasteiger partial charge in [0.2, 0.25) is 5.90 Å². The fraction of sp³-hybridized carbons (Fsp3) is 0.316. The van der Waals surface area contributed by atoms with Crippen molar-refractivity contribution in [2.24, 2.45) is 0 Å². The van der Waals surface area contributed by atoms with Crippen LogP contribution in [0.15, 0.2) is 42.6 Å². The molecule has 1 aromatic carbocycles. The Morgan fingerprint density at radius 1 is 1.33 bits per heavy atom. The van der Waals surface area contributed by atoms with Crippen molar-refractivity contribution in [1.29, 1.82) is 5.41 Å². The first-order valence-corrected chi connectivity index (χ1v) is 8.61. The molecule has 0 bridgehead atoms. The summed E-state index contributed by atoms with van der Waals surface area (Å²) >= 11 is 0. The molecular formula is C19H26N6O2. The van der Waals surface area contributed by atoms with Crippen molar-refractivity contribution in [1.82, 2.24) is 15.2 Å². The summed E-state index contributed by atoms with van der Waals surface area (Å²) in [6.07, 6.45) is 1.42. The lowest BCUT2D eigenvalue weighted by Gasteiger charge is -2.15. The molecule has 0 saturated heterocycles. The minimum Gasteiger partial charge on any atom is -0.476 e. The van der Waals surface area contributed by atoms with E-state index in [-0.39, 0.29) is 18.0 Å². The van der Waals surface area contributed by atoms with Crippen LogP contribution in [0.3, 0.4) is 0 Å². The van der Waals surface area contributed by atoms with Crippen LogP contribution in [0.2, 0.25) is 0 Å². The van der Waals surface area contributed by atoms with Crippen LogP contribution in [0.1, 0.15) is 24.1 Å². The Balaban J connectivity index is 1.92. The van der Waals surface area contributed by atoms with Gasteiger partial charge in [0.25, 0.3) is 0 Å². The molecule has 0 aliphatic rings. The zero-order valence-corrected chi connectivity index (χ0v) is 15.8. The number of nitrogens with zero attached hydrogens (tertiary/aromatic N) is 2. The number of pyridine rings is 1. The summed E-state index contributed by atoms with van der Waals surface area (Å²) in [5, 5.41) is 13.4. The molecular weight excluding hydrogens is 344 g/mol. The molecule has 2 rings (SSSR count). The van der Waals surface area contributed by atoms with E-state index >= 15 is 0 Å². The van der Waals surface area contributed by atoms with E-state index in [1.165, 1.54) is 12.3 Å². The van der Waals surface area contributed by atoms with Crippen LogP contribution in [-0.2, 0) is 4.74 Å². The second-order valence-corrected chi connectivity index (χ2v) is 6.37. The maximum absolute atomic E-state index is 12.2. The number of likely N-dealkylation sites (N-methyl/N-ethyl adjacent to an activating group) is 1. The lowest BCUT2D eigenvalue weighted by Crippen LogP contribution is -2.31. The number of urea groups is 1. The van der Waals surface area contributed by atoms with Gasteiger partial charge in [-0.2, -0.15) is 0 Å². The normalized spacial score (nSPS) is 11.7. The minimum absolute atomic E-state index is 0.0458. The van der Waals surface area contributed by atoms with Gasteiger partial charge in [0.15, 0.2) is 0 Å². The molecule has 0 spiro atoms. The first-order chi connectivity index (χ1) is 12.9. The van der Waals surface area contributed by atoms with Crippen LogP contribution in [0, 0.1) is 5.41 Å². The number of hydrogen-bond acceptors (Lipinski definition) is 6. The summed E-state index contributed by atoms with van der Waals surface area (Å²) in [5.74, 6) is 0.255. The highest BCUT2D eigenvalue weighted by molar-refractivity contribution is 5.97. The summed E-state index contributed by atoms with van der Waals surface area (Å²) in [4.78, 5) is 18.3. The van der Waals surface area contributed by atoms with E-state index in [0.29, 0.717) is 30.2 Å². The molecule has 0 aliphatic carbocycles. The van der Waals surface area contributed by atoms with Crippen LogP contribution in [-0.4, -0.2) is 49.1 Å². The van der Waals surface area contributed by atoms with E-state index in [2.05, 4.69) is 15.6 Å². The zero-order valence-electron chi connectivity index (χ0n) is 15.8. The third-order valence-corrected chi connectivity index (χ3v) is 3.85. The Kier molecular flexibility index (Phi) is 7.13. The molecule has 0 aliphatic heterocycles. The molecule has 2 aromatic rings. The van der Waals surface area contributed by atoms with Crippen molar-refractivity contribution in [2.75, 3.05) is 38.3 Å². The topological polar surface area (TPSA) is 116 Å². The number of anilines is 2. The molecule has 1 aromatic heterocycles. The lowest BCUT2D eigenvalue weighted by molar-refractivity contribution is 0.249. The highest BCUT2D eigenvalue weighted by Crippen LogP contribution is 2.17. The van der Waals surface area contributed by atoms with Crippen molar-refractivity contribution in [3.05, 3.63) is 53.7 Å². The standard InChI is InChI=1S/C19H26N6O2/c1-13(14-7-5-4-6-8-14)23-19(26)24-17-11-16(20)15(12-22-17)18(21)27-10-9-25(2)3/h4-8,11-13,21H,9-10H2,1-3H3,(H4,20,22,23,24,26)/t13-/m1/s1. The quantitative estimate of drug-likeness (QED) is 0.441. The second-order valence-electron chi connectivity index (χ2n) is 6.37. The van der Waals surface area contributed by atoms with Gasteiger partial charge < -0.3 is 20.7 Å². The number of benzene rings is 1. The number of nitrogens with one attached hydrogen (secondary N) is 3. The smallest absolute Gasteiger partial charge is 0.320 e. The van der Waals surface area contributed by atoms with Gasteiger partial charge in [0.1, 0.15) is 12.4 Å². The van der Waals surface area contributed by atoms with Crippen LogP contribution < -0.4 is 16.4 Å². The van der Waals surface area contributed by atoms with Crippen molar-refractivity contribution >= 4 is 23.4 Å². The predicted octanol–water partition coefficient (Wildman–Crippen LogP) is 2.45. The van der Waals surface area contributed by atoms with E-state index in [4.69, 9.17) is 15.9 Å². The van der Waals surface area contributed by atoms with E-state index in [0.717, 1.165) is 5.56 Å². The molecule has 0 saturated carbocycles. The Hall–Kier alpha value is -3.13. The molecule has 0 fully saturated rings. The first-order valence-electron chi connectivity index (χ1n) is 8.61. The number of amides is 2. The number of ether oxygens (including phenoxy) is 1. The molecule has 27 heavy (non-hydrogen) atoms. The van der Waals surface area contributed by atoms with Crippen molar-refractivity contribution in [3.63, 3.8) is 0 Å². The monoisotopic (exact) mass is 370 g/mol. The summed E-state index contributed by atoms with van der Waals surface area (Å²) in [5.41, 5.74) is 7.68. The highest BCUT2D eigenvalue weighted by Gasteiger charge is 2.13. The Bertz CT molecular complexity index is 779. The molecule has 1 heterocycles. The lowest BCUT2D eigenvalue weighted by atomic mass is 10.1. The van der Waals surface area contributed by atoms with E-state index < -0.39 is 0 Å². The van der Waals surface area contributed by atoms with Gasteiger partial charge in [-0.25, -0.2) is 9.78 Å². The Morgan fingerprint density at radius 2 is 2.04 bits per heavy atom. The number of rotatable bonds is 7. The molecule has 1 atom stereocenters. The Labute approximate surface area is 159 Å². The number of hydrogen-bond donors (Lipinski definition) is 4. The summed E-state index contributed by atoms with van der Waals surface area (Å²) < 4.78 is 5.36. The SMILES string of the molecule is C[C@@H](NC(=O)Nc1cc(N)c(C(=N)OCCN(C)C)cn1)c1ccccc1. The summed E-state index contributed by atoms with van der Waals surface area (Å²) in [7, 11) is 3.85. The maximum Gasteiger partial charge on any atom is 0.320 e. The largest absolute Gasteiger partial charge is 0.476 e. The van der Waals surface area contributed by atoms with Crippen LogP contribution in [0.4, 0.5) is 16.3 Å². The van der Waals surface area contributed by atoms with Crippen molar-refractivity contribution < 1.29 is 9.53 Å².